The monoisotopic (exact) mass is 722 g/mol. The first kappa shape index (κ1) is 33.2. The molecule has 238 valence electrons. The molecule has 5 rings (SSSR count). The van der Waals surface area contributed by atoms with E-state index < -0.39 is 18.0 Å². The van der Waals surface area contributed by atoms with E-state index in [1.807, 2.05) is 60.9 Å². The van der Waals surface area contributed by atoms with E-state index in [0.29, 0.717) is 36.6 Å². The fraction of sp³-hybridized carbons (Fsp3) is 0.235. The molecule has 0 saturated heterocycles. The number of fused-ring (bicyclic) bond motifs is 1. The van der Waals surface area contributed by atoms with Gasteiger partial charge in [-0.25, -0.2) is 14.6 Å². The fourth-order valence-electron chi connectivity index (χ4n) is 4.99. The molecule has 1 aromatic heterocycles. The number of carbonyl (C=O) groups is 2. The SMILES string of the molecule is CCOC(=O)COc1c(Br)cc(/C=c2\sc3n(c2=O)[C@@H](c2ccc(SC)cc2)C(C(=O)OCC)=C(c2ccccc2)N=3)cc1OC. The maximum absolute atomic E-state index is 14.2. The second-order valence-electron chi connectivity index (χ2n) is 9.83. The van der Waals surface area contributed by atoms with Gasteiger partial charge in [-0.2, -0.15) is 0 Å². The molecule has 1 aliphatic heterocycles. The molecule has 3 aromatic carbocycles. The predicted molar refractivity (Wildman–Crippen MR) is 182 cm³/mol. The fourth-order valence-corrected chi connectivity index (χ4v) is 6.97. The normalized spacial score (nSPS) is 14.4. The molecule has 0 amide bonds. The molecule has 2 heterocycles. The van der Waals surface area contributed by atoms with Crippen LogP contribution >= 0.6 is 39.0 Å². The van der Waals surface area contributed by atoms with Crippen LogP contribution in [0.4, 0.5) is 0 Å². The Balaban J connectivity index is 1.69. The zero-order valence-corrected chi connectivity index (χ0v) is 28.8. The lowest BCUT2D eigenvalue weighted by atomic mass is 9.93. The van der Waals surface area contributed by atoms with E-state index in [9.17, 15) is 14.4 Å². The van der Waals surface area contributed by atoms with Crippen molar-refractivity contribution in [1.82, 2.24) is 4.57 Å². The van der Waals surface area contributed by atoms with Crippen molar-refractivity contribution in [3.05, 3.63) is 113 Å². The minimum absolute atomic E-state index is 0.170. The molecule has 12 heteroatoms. The molecular weight excluding hydrogens is 692 g/mol. The highest BCUT2D eigenvalue weighted by Gasteiger charge is 2.35. The van der Waals surface area contributed by atoms with Gasteiger partial charge in [0.05, 0.1) is 46.6 Å². The number of hydrogen-bond donors (Lipinski definition) is 0. The van der Waals surface area contributed by atoms with Crippen LogP contribution in [0.5, 0.6) is 11.5 Å². The van der Waals surface area contributed by atoms with E-state index in [-0.39, 0.29) is 31.0 Å². The standard InChI is InChI=1S/C34H31BrN2O7S2/c1-5-42-27(38)19-44-31-24(35)16-20(17-25(31)41-3)18-26-32(39)37-30(22-12-14-23(45-4)15-13-22)28(33(40)43-6-2)29(36-34(37)46-26)21-10-8-7-9-11-21/h7-18,30H,5-6,19H2,1-4H3/b26-18-/t30-/m0/s1. The number of halogens is 1. The summed E-state index contributed by atoms with van der Waals surface area (Å²) in [6.07, 6.45) is 3.72. The Bertz CT molecular complexity index is 1970. The Morgan fingerprint density at radius 1 is 1.04 bits per heavy atom. The van der Waals surface area contributed by atoms with Gasteiger partial charge in [-0.1, -0.05) is 53.8 Å². The number of benzene rings is 3. The Hall–Kier alpha value is -4.13. The van der Waals surface area contributed by atoms with Gasteiger partial charge < -0.3 is 18.9 Å². The number of carbonyl (C=O) groups excluding carboxylic acids is 2. The maximum Gasteiger partial charge on any atom is 0.344 e. The topological polar surface area (TPSA) is 105 Å². The Labute approximate surface area is 282 Å². The first-order valence-corrected chi connectivity index (χ1v) is 17.2. The number of rotatable bonds is 11. The summed E-state index contributed by atoms with van der Waals surface area (Å²) in [4.78, 5) is 46.1. The number of aromatic nitrogens is 1. The molecule has 0 bridgehead atoms. The summed E-state index contributed by atoms with van der Waals surface area (Å²) < 4.78 is 24.2. The number of esters is 2. The minimum atomic E-state index is -0.775. The second kappa shape index (κ2) is 15.0. The van der Waals surface area contributed by atoms with E-state index in [0.717, 1.165) is 16.0 Å². The van der Waals surface area contributed by atoms with Crippen molar-refractivity contribution in [3.8, 4) is 11.5 Å². The first-order chi connectivity index (χ1) is 22.3. The van der Waals surface area contributed by atoms with E-state index in [4.69, 9.17) is 23.9 Å². The molecule has 0 radical (unpaired) electrons. The third-order valence-electron chi connectivity index (χ3n) is 6.99. The molecule has 0 N–H and O–H groups in total. The van der Waals surface area contributed by atoms with Gasteiger partial charge in [0.2, 0.25) is 0 Å². The van der Waals surface area contributed by atoms with E-state index in [1.165, 1.54) is 18.4 Å². The van der Waals surface area contributed by atoms with Crippen LogP contribution < -0.4 is 24.4 Å². The molecular formula is C34H31BrN2O7S2. The molecule has 4 aromatic rings. The number of methoxy groups -OCH3 is 1. The molecule has 0 spiro atoms. The Morgan fingerprint density at radius 2 is 1.76 bits per heavy atom. The highest BCUT2D eigenvalue weighted by molar-refractivity contribution is 9.10. The molecule has 0 aliphatic carbocycles. The summed E-state index contributed by atoms with van der Waals surface area (Å²) in [6, 6.07) is 19.9. The van der Waals surface area contributed by atoms with Gasteiger partial charge in [-0.05, 0) is 77.5 Å². The van der Waals surface area contributed by atoms with Crippen molar-refractivity contribution in [2.45, 2.75) is 24.8 Å². The van der Waals surface area contributed by atoms with Crippen LogP contribution in [-0.4, -0.2) is 49.7 Å². The van der Waals surface area contributed by atoms with E-state index in [1.54, 1.807) is 48.4 Å². The van der Waals surface area contributed by atoms with Crippen molar-refractivity contribution in [3.63, 3.8) is 0 Å². The first-order valence-electron chi connectivity index (χ1n) is 14.4. The average Bonchev–Trinajstić information content (AvgIpc) is 3.37. The number of thiazole rings is 1. The Kier molecular flexibility index (Phi) is 10.8. The molecule has 1 aliphatic rings. The van der Waals surface area contributed by atoms with Crippen LogP contribution in [-0.2, 0) is 19.1 Å². The van der Waals surface area contributed by atoms with Gasteiger partial charge in [-0.3, -0.25) is 9.36 Å². The maximum atomic E-state index is 14.2. The van der Waals surface area contributed by atoms with Gasteiger partial charge in [0.25, 0.3) is 5.56 Å². The molecule has 46 heavy (non-hydrogen) atoms. The number of thioether (sulfide) groups is 1. The van der Waals surface area contributed by atoms with Crippen molar-refractivity contribution < 1.29 is 28.5 Å². The van der Waals surface area contributed by atoms with Crippen molar-refractivity contribution in [1.29, 1.82) is 0 Å². The number of ether oxygens (including phenoxy) is 4. The smallest absolute Gasteiger partial charge is 0.344 e. The second-order valence-corrected chi connectivity index (χ2v) is 12.6. The van der Waals surface area contributed by atoms with E-state index in [2.05, 4.69) is 15.9 Å². The zero-order chi connectivity index (χ0) is 32.8. The number of hydrogen-bond acceptors (Lipinski definition) is 10. The summed E-state index contributed by atoms with van der Waals surface area (Å²) in [5, 5.41) is 0. The average molecular weight is 724 g/mol. The third-order valence-corrected chi connectivity index (χ3v) is 9.31. The van der Waals surface area contributed by atoms with Crippen LogP contribution in [0.3, 0.4) is 0 Å². The van der Waals surface area contributed by atoms with Crippen LogP contribution in [0, 0.1) is 0 Å². The quantitative estimate of drug-likeness (QED) is 0.150. The summed E-state index contributed by atoms with van der Waals surface area (Å²) in [5.41, 5.74) is 2.57. The van der Waals surface area contributed by atoms with Crippen LogP contribution in [0.25, 0.3) is 11.8 Å². The summed E-state index contributed by atoms with van der Waals surface area (Å²) in [7, 11) is 1.49. The molecule has 1 atom stereocenters. The van der Waals surface area contributed by atoms with Crippen molar-refractivity contribution >= 4 is 62.7 Å². The van der Waals surface area contributed by atoms with Crippen molar-refractivity contribution in [2.75, 3.05) is 33.2 Å². The van der Waals surface area contributed by atoms with Crippen molar-refractivity contribution in [2.24, 2.45) is 4.99 Å². The van der Waals surface area contributed by atoms with Gasteiger partial charge in [0, 0.05) is 10.5 Å². The highest BCUT2D eigenvalue weighted by atomic mass is 79.9. The van der Waals surface area contributed by atoms with Gasteiger partial charge in [-0.15, -0.1) is 11.8 Å². The number of nitrogens with zero attached hydrogens (tertiary/aromatic N) is 2. The predicted octanol–water partition coefficient (Wildman–Crippen LogP) is 5.37. The summed E-state index contributed by atoms with van der Waals surface area (Å²) in [6.45, 7) is 3.59. The Morgan fingerprint density at radius 3 is 2.41 bits per heavy atom. The lowest BCUT2D eigenvalue weighted by Gasteiger charge is -2.26. The summed E-state index contributed by atoms with van der Waals surface area (Å²) >= 11 is 6.33. The van der Waals surface area contributed by atoms with Gasteiger partial charge in [0.1, 0.15) is 0 Å². The molecule has 0 unspecified atom stereocenters. The van der Waals surface area contributed by atoms with Crippen LogP contribution in [0.15, 0.2) is 91.5 Å². The molecule has 0 saturated carbocycles. The largest absolute Gasteiger partial charge is 0.493 e. The van der Waals surface area contributed by atoms with Gasteiger partial charge in [0.15, 0.2) is 22.9 Å². The van der Waals surface area contributed by atoms with Crippen LogP contribution in [0.2, 0.25) is 0 Å². The lowest BCUT2D eigenvalue weighted by molar-refractivity contribution is -0.145. The van der Waals surface area contributed by atoms with E-state index >= 15 is 0 Å². The summed E-state index contributed by atoms with van der Waals surface area (Å²) in [5.74, 6) is -0.350. The molecule has 0 fully saturated rings. The third kappa shape index (κ3) is 6.98. The minimum Gasteiger partial charge on any atom is -0.493 e. The zero-order valence-electron chi connectivity index (χ0n) is 25.6. The highest BCUT2D eigenvalue weighted by Crippen LogP contribution is 2.38. The lowest BCUT2D eigenvalue weighted by Crippen LogP contribution is -2.40. The van der Waals surface area contributed by atoms with Crippen LogP contribution in [0.1, 0.15) is 36.6 Å². The molecule has 9 nitrogen and oxygen atoms in total. The van der Waals surface area contributed by atoms with Gasteiger partial charge >= 0.3 is 11.9 Å².